The fourth-order valence-corrected chi connectivity index (χ4v) is 6.48. The lowest BCUT2D eigenvalue weighted by Crippen LogP contribution is -2.43. The number of fused-ring (bicyclic) bond motifs is 1. The Balaban J connectivity index is 1.27. The van der Waals surface area contributed by atoms with E-state index in [1.807, 2.05) is 6.07 Å². The van der Waals surface area contributed by atoms with Gasteiger partial charge in [0.05, 0.1) is 17.8 Å². The molecule has 1 atom stereocenters. The topological polar surface area (TPSA) is 53.9 Å². The first-order valence-corrected chi connectivity index (χ1v) is 12.6. The summed E-state index contributed by atoms with van der Waals surface area (Å²) in [5.74, 6) is 0.660. The van der Waals surface area contributed by atoms with Crippen molar-refractivity contribution in [2.45, 2.75) is 57.0 Å². The lowest BCUT2D eigenvalue weighted by atomic mass is 9.89. The Labute approximate surface area is 208 Å². The molecule has 0 spiro atoms. The summed E-state index contributed by atoms with van der Waals surface area (Å²) in [6.45, 7) is 1.44. The van der Waals surface area contributed by atoms with Crippen molar-refractivity contribution in [2.24, 2.45) is 11.1 Å². The molecule has 1 unspecified atom stereocenters. The summed E-state index contributed by atoms with van der Waals surface area (Å²) in [7, 11) is 0. The fourth-order valence-electron chi connectivity index (χ4n) is 4.85. The van der Waals surface area contributed by atoms with Crippen LogP contribution in [0.25, 0.3) is 0 Å². The van der Waals surface area contributed by atoms with Crippen molar-refractivity contribution in [1.82, 2.24) is 10.2 Å². The molecule has 1 fully saturated rings. The number of benzene rings is 1. The van der Waals surface area contributed by atoms with Crippen LogP contribution in [0.15, 0.2) is 29.4 Å². The molecule has 3 aliphatic rings. The lowest BCUT2D eigenvalue weighted by molar-refractivity contribution is -0.275. The van der Waals surface area contributed by atoms with Gasteiger partial charge in [-0.3, -0.25) is 4.79 Å². The van der Waals surface area contributed by atoms with Gasteiger partial charge in [-0.05, 0) is 48.6 Å². The van der Waals surface area contributed by atoms with Crippen molar-refractivity contribution < 1.29 is 22.8 Å². The average molecular weight is 532 g/mol. The lowest BCUT2D eigenvalue weighted by Gasteiger charge is -2.30. The number of thiophene rings is 1. The summed E-state index contributed by atoms with van der Waals surface area (Å²) in [6.07, 6.45) is -0.477. The highest BCUT2D eigenvalue weighted by Crippen LogP contribution is 2.50. The van der Waals surface area contributed by atoms with E-state index in [0.717, 1.165) is 23.3 Å². The maximum atomic E-state index is 14.2. The van der Waals surface area contributed by atoms with Gasteiger partial charge in [-0.1, -0.05) is 41.2 Å². The Morgan fingerprint density at radius 3 is 2.53 bits per heavy atom. The molecular formula is C23H22Cl2F3N3O2S. The number of amidine groups is 1. The standard InChI is InChI=1S/C23H22Cl2F3N3O2S/c24-16-6-15(7-17(25)8-16)22(23(26,27)28)9-20(30-33-22)31-11-14-5-18(34-19(14)12-31)21(32)29-10-13-3-1-2-4-13/h5-8,13H,1-4,9-12H2,(H,29,32). The second kappa shape index (κ2) is 8.91. The molecule has 0 bridgehead atoms. The smallest absolute Gasteiger partial charge is 0.372 e. The van der Waals surface area contributed by atoms with Crippen LogP contribution in [-0.4, -0.2) is 29.4 Å². The first-order valence-electron chi connectivity index (χ1n) is 11.1. The zero-order valence-corrected chi connectivity index (χ0v) is 20.4. The molecule has 2 aromatic rings. The predicted molar refractivity (Wildman–Crippen MR) is 125 cm³/mol. The number of nitrogens with zero attached hydrogens (tertiary/aromatic N) is 2. The zero-order chi connectivity index (χ0) is 24.1. The number of oxime groups is 1. The van der Waals surface area contributed by atoms with Gasteiger partial charge in [0.1, 0.15) is 5.84 Å². The molecule has 0 radical (unpaired) electrons. The minimum absolute atomic E-state index is 0.0882. The third kappa shape index (κ3) is 4.38. The van der Waals surface area contributed by atoms with Crippen LogP contribution in [0.4, 0.5) is 13.2 Å². The maximum Gasteiger partial charge on any atom is 0.435 e. The predicted octanol–water partition coefficient (Wildman–Crippen LogP) is 6.48. The molecule has 1 aromatic heterocycles. The minimum Gasteiger partial charge on any atom is -0.372 e. The highest BCUT2D eigenvalue weighted by atomic mass is 35.5. The van der Waals surface area contributed by atoms with Crippen LogP contribution in [0.1, 0.15) is 57.8 Å². The van der Waals surface area contributed by atoms with Crippen molar-refractivity contribution in [3.8, 4) is 0 Å². The van der Waals surface area contributed by atoms with Crippen LogP contribution in [0.3, 0.4) is 0 Å². The summed E-state index contributed by atoms with van der Waals surface area (Å²) in [4.78, 5) is 21.0. The van der Waals surface area contributed by atoms with Gasteiger partial charge in [0.15, 0.2) is 0 Å². The Morgan fingerprint density at radius 2 is 1.88 bits per heavy atom. The zero-order valence-electron chi connectivity index (χ0n) is 18.1. The van der Waals surface area contributed by atoms with E-state index >= 15 is 0 Å². The van der Waals surface area contributed by atoms with E-state index < -0.39 is 18.2 Å². The van der Waals surface area contributed by atoms with Gasteiger partial charge in [0, 0.05) is 33.6 Å². The van der Waals surface area contributed by atoms with Gasteiger partial charge in [0.25, 0.3) is 11.5 Å². The van der Waals surface area contributed by atoms with Gasteiger partial charge < -0.3 is 15.1 Å². The molecule has 11 heteroatoms. The monoisotopic (exact) mass is 531 g/mol. The van der Waals surface area contributed by atoms with E-state index in [4.69, 9.17) is 28.0 Å². The van der Waals surface area contributed by atoms with Crippen LogP contribution in [-0.2, 0) is 23.5 Å². The van der Waals surface area contributed by atoms with Gasteiger partial charge >= 0.3 is 6.18 Å². The van der Waals surface area contributed by atoms with Crippen molar-refractivity contribution in [3.05, 3.63) is 55.2 Å². The molecule has 34 heavy (non-hydrogen) atoms. The third-order valence-electron chi connectivity index (χ3n) is 6.71. The van der Waals surface area contributed by atoms with Crippen LogP contribution in [0.5, 0.6) is 0 Å². The average Bonchev–Trinajstić information content (AvgIpc) is 3.53. The number of rotatable bonds is 4. The molecule has 5 rings (SSSR count). The normalized spacial score (nSPS) is 22.6. The fraction of sp³-hybridized carbons (Fsp3) is 0.478. The van der Waals surface area contributed by atoms with Gasteiger partial charge in [-0.25, -0.2) is 0 Å². The Kier molecular flexibility index (Phi) is 6.23. The molecule has 2 aliphatic heterocycles. The number of amides is 1. The van der Waals surface area contributed by atoms with E-state index in [1.165, 1.54) is 42.4 Å². The van der Waals surface area contributed by atoms with E-state index in [1.54, 1.807) is 4.90 Å². The van der Waals surface area contributed by atoms with E-state index in [2.05, 4.69) is 10.5 Å². The van der Waals surface area contributed by atoms with Crippen LogP contribution >= 0.6 is 34.5 Å². The van der Waals surface area contributed by atoms with E-state index in [9.17, 15) is 18.0 Å². The molecule has 1 aromatic carbocycles. The summed E-state index contributed by atoms with van der Waals surface area (Å²) in [5, 5.41) is 7.02. The number of halogens is 5. The van der Waals surface area contributed by atoms with Crippen molar-refractivity contribution in [3.63, 3.8) is 0 Å². The molecule has 1 saturated carbocycles. The largest absolute Gasteiger partial charge is 0.435 e. The number of alkyl halides is 3. The van der Waals surface area contributed by atoms with Gasteiger partial charge in [0.2, 0.25) is 0 Å². The molecular weight excluding hydrogens is 510 g/mol. The molecule has 5 nitrogen and oxygen atoms in total. The first kappa shape index (κ1) is 23.8. The van der Waals surface area contributed by atoms with Crippen molar-refractivity contribution >= 4 is 46.3 Å². The second-order valence-electron chi connectivity index (χ2n) is 9.03. The van der Waals surface area contributed by atoms with Gasteiger partial charge in [-0.15, -0.1) is 11.3 Å². The molecule has 3 heterocycles. The number of nitrogens with one attached hydrogen (secondary N) is 1. The quantitative estimate of drug-likeness (QED) is 0.491. The van der Waals surface area contributed by atoms with E-state index in [0.29, 0.717) is 30.4 Å². The van der Waals surface area contributed by atoms with Crippen molar-refractivity contribution in [2.75, 3.05) is 6.54 Å². The minimum atomic E-state index is -4.73. The molecule has 1 N–H and O–H groups in total. The van der Waals surface area contributed by atoms with Crippen LogP contribution in [0, 0.1) is 5.92 Å². The Morgan fingerprint density at radius 1 is 1.18 bits per heavy atom. The number of hydrogen-bond donors (Lipinski definition) is 1. The Bertz CT molecular complexity index is 1100. The second-order valence-corrected chi connectivity index (χ2v) is 11.0. The molecule has 1 amide bonds. The third-order valence-corrected chi connectivity index (χ3v) is 8.31. The SMILES string of the molecule is O=C(NCC1CCCC1)c1cc2c(s1)CN(C1=NOC(c3cc(Cl)cc(Cl)c3)(C(F)(F)F)C1)C2. The number of carbonyl (C=O) groups is 1. The Hall–Kier alpha value is -1.97. The molecule has 182 valence electrons. The summed E-state index contributed by atoms with van der Waals surface area (Å²) in [6, 6.07) is 5.61. The number of carbonyl (C=O) groups excluding carboxylic acids is 1. The summed E-state index contributed by atoms with van der Waals surface area (Å²) >= 11 is 13.3. The van der Waals surface area contributed by atoms with Crippen molar-refractivity contribution in [1.29, 1.82) is 0 Å². The van der Waals surface area contributed by atoms with Crippen LogP contribution in [0.2, 0.25) is 10.0 Å². The van der Waals surface area contributed by atoms with Crippen LogP contribution < -0.4 is 5.32 Å². The van der Waals surface area contributed by atoms with E-state index in [-0.39, 0.29) is 27.4 Å². The first-order chi connectivity index (χ1) is 16.1. The highest BCUT2D eigenvalue weighted by molar-refractivity contribution is 7.14. The molecule has 0 saturated heterocycles. The summed E-state index contributed by atoms with van der Waals surface area (Å²) < 4.78 is 42.6. The highest BCUT2D eigenvalue weighted by Gasteiger charge is 2.63. The summed E-state index contributed by atoms with van der Waals surface area (Å²) in [5.41, 5.74) is -1.92. The molecule has 1 aliphatic carbocycles. The maximum absolute atomic E-state index is 14.2. The number of hydrogen-bond acceptors (Lipinski definition) is 5. The van der Waals surface area contributed by atoms with Gasteiger partial charge in [-0.2, -0.15) is 13.2 Å².